The highest BCUT2D eigenvalue weighted by Crippen LogP contribution is 2.26. The summed E-state index contributed by atoms with van der Waals surface area (Å²) in [7, 11) is 0. The van der Waals surface area contributed by atoms with Crippen LogP contribution in [-0.4, -0.2) is 27.5 Å². The van der Waals surface area contributed by atoms with Gasteiger partial charge in [0.05, 0.1) is 18.1 Å². The number of aromatic nitrogens is 2. The van der Waals surface area contributed by atoms with Crippen LogP contribution in [-0.2, 0) is 17.8 Å². The van der Waals surface area contributed by atoms with Crippen LogP contribution in [0, 0.1) is 5.92 Å². The zero-order valence-electron chi connectivity index (χ0n) is 15.6. The van der Waals surface area contributed by atoms with E-state index in [1.165, 1.54) is 24.8 Å². The van der Waals surface area contributed by atoms with Crippen molar-refractivity contribution in [1.29, 1.82) is 0 Å². The van der Waals surface area contributed by atoms with E-state index in [-0.39, 0.29) is 11.9 Å². The van der Waals surface area contributed by atoms with Crippen LogP contribution < -0.4 is 11.1 Å². The first-order valence-corrected chi connectivity index (χ1v) is 9.74. The van der Waals surface area contributed by atoms with E-state index >= 15 is 0 Å². The summed E-state index contributed by atoms with van der Waals surface area (Å²) in [5, 5.41) is 3.15. The molecule has 1 aliphatic rings. The van der Waals surface area contributed by atoms with Gasteiger partial charge in [0, 0.05) is 25.2 Å². The molecule has 140 valence electrons. The molecule has 1 aliphatic carbocycles. The first-order valence-electron chi connectivity index (χ1n) is 9.74. The Morgan fingerprint density at radius 3 is 2.92 bits per heavy atom. The van der Waals surface area contributed by atoms with Crippen molar-refractivity contribution in [3.63, 3.8) is 0 Å². The van der Waals surface area contributed by atoms with Crippen molar-refractivity contribution in [2.45, 2.75) is 64.1 Å². The van der Waals surface area contributed by atoms with Crippen molar-refractivity contribution in [1.82, 2.24) is 14.9 Å². The summed E-state index contributed by atoms with van der Waals surface area (Å²) in [6, 6.07) is 9.98. The Kier molecular flexibility index (Phi) is 6.45. The van der Waals surface area contributed by atoms with E-state index in [0.717, 1.165) is 31.0 Å². The molecule has 2 aromatic rings. The third-order valence-electron chi connectivity index (χ3n) is 5.37. The molecule has 0 spiro atoms. The van der Waals surface area contributed by atoms with E-state index in [2.05, 4.69) is 29.4 Å². The van der Waals surface area contributed by atoms with Gasteiger partial charge in [-0.2, -0.15) is 0 Å². The van der Waals surface area contributed by atoms with E-state index in [9.17, 15) is 4.79 Å². The van der Waals surface area contributed by atoms with Crippen LogP contribution in [0.2, 0.25) is 0 Å². The second-order valence-corrected chi connectivity index (χ2v) is 7.48. The summed E-state index contributed by atoms with van der Waals surface area (Å²) < 4.78 is 2.03. The van der Waals surface area contributed by atoms with Gasteiger partial charge in [0.25, 0.3) is 0 Å². The number of nitrogens with two attached hydrogens (primary N) is 1. The van der Waals surface area contributed by atoms with Crippen LogP contribution in [0.1, 0.15) is 50.3 Å². The summed E-state index contributed by atoms with van der Waals surface area (Å²) in [5.41, 5.74) is 8.22. The summed E-state index contributed by atoms with van der Waals surface area (Å²) in [4.78, 5) is 16.8. The van der Waals surface area contributed by atoms with Crippen LogP contribution in [0.5, 0.6) is 0 Å². The quantitative estimate of drug-likeness (QED) is 0.803. The van der Waals surface area contributed by atoms with E-state index in [1.807, 2.05) is 29.0 Å². The van der Waals surface area contributed by atoms with E-state index < -0.39 is 6.04 Å². The molecule has 5 heteroatoms. The molecule has 1 fully saturated rings. The number of hydrogen-bond donors (Lipinski definition) is 2. The van der Waals surface area contributed by atoms with Gasteiger partial charge < -0.3 is 15.6 Å². The van der Waals surface area contributed by atoms with Crippen LogP contribution in [0.4, 0.5) is 0 Å². The molecular formula is C21H30N4O. The third kappa shape index (κ3) is 5.18. The van der Waals surface area contributed by atoms with Gasteiger partial charge in [-0.3, -0.25) is 4.79 Å². The van der Waals surface area contributed by atoms with Crippen molar-refractivity contribution in [2.75, 3.05) is 0 Å². The molecule has 0 saturated heterocycles. The lowest BCUT2D eigenvalue weighted by Gasteiger charge is -2.29. The lowest BCUT2D eigenvalue weighted by atomic mass is 9.84. The van der Waals surface area contributed by atoms with Gasteiger partial charge in [-0.25, -0.2) is 4.98 Å². The van der Waals surface area contributed by atoms with Gasteiger partial charge in [-0.1, -0.05) is 56.5 Å². The molecule has 1 saturated carbocycles. The number of carbonyl (C=O) groups is 1. The minimum Gasteiger partial charge on any atom is -0.352 e. The summed E-state index contributed by atoms with van der Waals surface area (Å²) >= 11 is 0. The second kappa shape index (κ2) is 8.99. The van der Waals surface area contributed by atoms with Gasteiger partial charge in [-0.05, 0) is 24.3 Å². The average Bonchev–Trinajstić information content (AvgIpc) is 3.09. The van der Waals surface area contributed by atoms with Gasteiger partial charge >= 0.3 is 0 Å². The zero-order valence-corrected chi connectivity index (χ0v) is 15.6. The molecule has 26 heavy (non-hydrogen) atoms. The lowest BCUT2D eigenvalue weighted by Crippen LogP contribution is -2.47. The molecule has 0 aliphatic heterocycles. The number of benzene rings is 1. The van der Waals surface area contributed by atoms with E-state index in [0.29, 0.717) is 6.42 Å². The first kappa shape index (κ1) is 18.6. The summed E-state index contributed by atoms with van der Waals surface area (Å²) in [5.74, 6) is 0.684. The van der Waals surface area contributed by atoms with Crippen molar-refractivity contribution < 1.29 is 4.79 Å². The molecule has 1 aromatic heterocycles. The number of imidazole rings is 1. The highest BCUT2D eigenvalue weighted by atomic mass is 16.2. The Morgan fingerprint density at radius 2 is 2.15 bits per heavy atom. The van der Waals surface area contributed by atoms with Gasteiger partial charge in [-0.15, -0.1) is 0 Å². The maximum Gasteiger partial charge on any atom is 0.237 e. The Labute approximate surface area is 156 Å². The maximum absolute atomic E-state index is 12.4. The molecule has 5 nitrogen and oxygen atoms in total. The normalized spacial score (nSPS) is 21.3. The highest BCUT2D eigenvalue weighted by molar-refractivity contribution is 5.82. The summed E-state index contributed by atoms with van der Waals surface area (Å²) in [6.07, 6.45) is 10.1. The first-order chi connectivity index (χ1) is 12.6. The SMILES string of the molecule is CCC1CCCC(NC(=O)[C@@H](N)Cc2cn(Cc3ccccc3)cn2)C1. The molecule has 3 N–H and O–H groups in total. The minimum absolute atomic E-state index is 0.0515. The molecular weight excluding hydrogens is 324 g/mol. The molecule has 1 amide bonds. The molecule has 1 heterocycles. The minimum atomic E-state index is -0.544. The monoisotopic (exact) mass is 354 g/mol. The molecule has 3 atom stereocenters. The molecule has 0 bridgehead atoms. The molecule has 0 radical (unpaired) electrons. The Hall–Kier alpha value is -2.14. The fraction of sp³-hybridized carbons (Fsp3) is 0.524. The second-order valence-electron chi connectivity index (χ2n) is 7.48. The van der Waals surface area contributed by atoms with Crippen molar-refractivity contribution >= 4 is 5.91 Å². The Morgan fingerprint density at radius 1 is 1.35 bits per heavy atom. The number of nitrogens with zero attached hydrogens (tertiary/aromatic N) is 2. The van der Waals surface area contributed by atoms with Crippen LogP contribution >= 0.6 is 0 Å². The van der Waals surface area contributed by atoms with Crippen LogP contribution in [0.25, 0.3) is 0 Å². The van der Waals surface area contributed by atoms with Crippen LogP contribution in [0.3, 0.4) is 0 Å². The van der Waals surface area contributed by atoms with Crippen molar-refractivity contribution in [2.24, 2.45) is 11.7 Å². The maximum atomic E-state index is 12.4. The van der Waals surface area contributed by atoms with Gasteiger partial charge in [0.15, 0.2) is 0 Å². The van der Waals surface area contributed by atoms with E-state index in [4.69, 9.17) is 5.73 Å². The van der Waals surface area contributed by atoms with Crippen LogP contribution in [0.15, 0.2) is 42.9 Å². The molecule has 1 aromatic carbocycles. The number of amides is 1. The fourth-order valence-electron chi connectivity index (χ4n) is 3.81. The Bertz CT molecular complexity index is 697. The summed E-state index contributed by atoms with van der Waals surface area (Å²) in [6.45, 7) is 3.00. The largest absolute Gasteiger partial charge is 0.352 e. The fourth-order valence-corrected chi connectivity index (χ4v) is 3.81. The lowest BCUT2D eigenvalue weighted by molar-refractivity contribution is -0.123. The number of hydrogen-bond acceptors (Lipinski definition) is 3. The predicted molar refractivity (Wildman–Crippen MR) is 104 cm³/mol. The molecule has 2 unspecified atom stereocenters. The smallest absolute Gasteiger partial charge is 0.237 e. The van der Waals surface area contributed by atoms with Crippen molar-refractivity contribution in [3.8, 4) is 0 Å². The topological polar surface area (TPSA) is 72.9 Å². The Balaban J connectivity index is 1.49. The van der Waals surface area contributed by atoms with Gasteiger partial charge in [0.2, 0.25) is 5.91 Å². The average molecular weight is 354 g/mol. The number of carbonyl (C=O) groups excluding carboxylic acids is 1. The van der Waals surface area contributed by atoms with E-state index in [1.54, 1.807) is 6.33 Å². The van der Waals surface area contributed by atoms with Gasteiger partial charge in [0.1, 0.15) is 0 Å². The number of rotatable bonds is 7. The standard InChI is InChI=1S/C21H30N4O/c1-2-16-9-6-10-18(11-16)24-21(26)20(22)12-19-14-25(15-23-19)13-17-7-4-3-5-8-17/h3-5,7-8,14-16,18,20H,2,6,9-13,22H2,1H3,(H,24,26)/t16?,18?,20-/m0/s1. The van der Waals surface area contributed by atoms with Crippen molar-refractivity contribution in [3.05, 3.63) is 54.1 Å². The molecule has 3 rings (SSSR count). The predicted octanol–water partition coefficient (Wildman–Crippen LogP) is 2.89. The zero-order chi connectivity index (χ0) is 18.4. The third-order valence-corrected chi connectivity index (χ3v) is 5.37. The number of nitrogens with one attached hydrogen (secondary N) is 1. The highest BCUT2D eigenvalue weighted by Gasteiger charge is 2.24.